The molecule has 0 aromatic heterocycles. The van der Waals surface area contributed by atoms with Crippen molar-refractivity contribution in [2.24, 2.45) is 0 Å². The third-order valence-electron chi connectivity index (χ3n) is 4.91. The molecule has 0 radical (unpaired) electrons. The van der Waals surface area contributed by atoms with Crippen molar-refractivity contribution < 1.29 is 19.4 Å². The Labute approximate surface area is 205 Å². The van der Waals surface area contributed by atoms with Gasteiger partial charge in [0.15, 0.2) is 6.61 Å². The Morgan fingerprint density at radius 1 is 1.00 bits per heavy atom. The van der Waals surface area contributed by atoms with Gasteiger partial charge >= 0.3 is 0 Å². The van der Waals surface area contributed by atoms with Crippen LogP contribution in [0.2, 0.25) is 0 Å². The number of phenols is 1. The van der Waals surface area contributed by atoms with Gasteiger partial charge in [-0.15, -0.1) is 0 Å². The van der Waals surface area contributed by atoms with E-state index < -0.39 is 5.91 Å². The van der Waals surface area contributed by atoms with Gasteiger partial charge in [0, 0.05) is 21.4 Å². The molecule has 0 fully saturated rings. The number of halogens is 1. The second-order valence-electron chi connectivity index (χ2n) is 7.49. The van der Waals surface area contributed by atoms with Crippen LogP contribution in [0.4, 0.5) is 11.4 Å². The lowest BCUT2D eigenvalue weighted by Crippen LogP contribution is -2.20. The molecule has 0 aliphatic rings. The molecule has 0 saturated carbocycles. The standard InChI is InChI=1S/C26H22BrN3O4/c1-16-3-5-22(11-17(16)2)29-25(32)15-34-24-10-4-20(27)13-18(24)12-19(14-28)26(33)30-21-6-8-23(31)9-7-21/h3-13,31H,15H2,1-2H3,(H,29,32)(H,30,33)/b19-12+. The van der Waals surface area contributed by atoms with Crippen molar-refractivity contribution in [3.8, 4) is 17.6 Å². The van der Waals surface area contributed by atoms with Crippen molar-refractivity contribution >= 4 is 45.2 Å². The van der Waals surface area contributed by atoms with Crippen LogP contribution in [-0.4, -0.2) is 23.5 Å². The van der Waals surface area contributed by atoms with E-state index in [0.717, 1.165) is 11.1 Å². The van der Waals surface area contributed by atoms with Gasteiger partial charge in [0.05, 0.1) is 0 Å². The number of nitriles is 1. The molecule has 0 heterocycles. The van der Waals surface area contributed by atoms with Crippen molar-refractivity contribution in [3.63, 3.8) is 0 Å². The van der Waals surface area contributed by atoms with E-state index in [1.54, 1.807) is 18.2 Å². The molecule has 0 atom stereocenters. The molecule has 3 aromatic carbocycles. The number of aromatic hydroxyl groups is 1. The minimum atomic E-state index is -0.619. The maximum Gasteiger partial charge on any atom is 0.266 e. The third-order valence-corrected chi connectivity index (χ3v) is 5.40. The lowest BCUT2D eigenvalue weighted by molar-refractivity contribution is -0.118. The molecule has 7 nitrogen and oxygen atoms in total. The first-order valence-corrected chi connectivity index (χ1v) is 11.1. The Kier molecular flexibility index (Phi) is 8.06. The largest absolute Gasteiger partial charge is 0.508 e. The summed E-state index contributed by atoms with van der Waals surface area (Å²) < 4.78 is 6.40. The Morgan fingerprint density at radius 3 is 2.38 bits per heavy atom. The second kappa shape index (κ2) is 11.2. The number of phenolic OH excluding ortho intramolecular Hbond substituents is 1. The number of amides is 2. The van der Waals surface area contributed by atoms with Gasteiger partial charge in [0.25, 0.3) is 11.8 Å². The summed E-state index contributed by atoms with van der Waals surface area (Å²) in [5, 5.41) is 24.3. The lowest BCUT2D eigenvalue weighted by Gasteiger charge is -2.12. The van der Waals surface area contributed by atoms with E-state index in [4.69, 9.17) is 4.74 Å². The van der Waals surface area contributed by atoms with Crippen LogP contribution in [0.5, 0.6) is 11.5 Å². The van der Waals surface area contributed by atoms with E-state index in [2.05, 4.69) is 26.6 Å². The first-order chi connectivity index (χ1) is 16.2. The summed E-state index contributed by atoms with van der Waals surface area (Å²) in [5.74, 6) is -0.562. The van der Waals surface area contributed by atoms with Crippen molar-refractivity contribution in [2.75, 3.05) is 17.2 Å². The number of nitrogens with zero attached hydrogens (tertiary/aromatic N) is 1. The number of rotatable bonds is 7. The van der Waals surface area contributed by atoms with Gasteiger partial charge in [-0.05, 0) is 85.6 Å². The second-order valence-corrected chi connectivity index (χ2v) is 8.40. The van der Waals surface area contributed by atoms with Gasteiger partial charge in [0.2, 0.25) is 0 Å². The van der Waals surface area contributed by atoms with E-state index in [1.165, 1.54) is 30.3 Å². The number of hydrogen-bond acceptors (Lipinski definition) is 5. The highest BCUT2D eigenvalue weighted by Gasteiger charge is 2.13. The fourth-order valence-electron chi connectivity index (χ4n) is 2.97. The van der Waals surface area contributed by atoms with Gasteiger partial charge in [-0.2, -0.15) is 5.26 Å². The Bertz CT molecular complexity index is 1290. The average molecular weight is 520 g/mol. The van der Waals surface area contributed by atoms with Crippen molar-refractivity contribution in [2.45, 2.75) is 13.8 Å². The maximum atomic E-state index is 12.6. The molecular formula is C26H22BrN3O4. The van der Waals surface area contributed by atoms with Crippen LogP contribution < -0.4 is 15.4 Å². The van der Waals surface area contributed by atoms with Crippen molar-refractivity contribution in [1.82, 2.24) is 0 Å². The molecule has 0 aliphatic carbocycles. The monoisotopic (exact) mass is 519 g/mol. The molecular weight excluding hydrogens is 498 g/mol. The Morgan fingerprint density at radius 2 is 1.71 bits per heavy atom. The molecule has 0 bridgehead atoms. The van der Waals surface area contributed by atoms with Crippen LogP contribution in [0.1, 0.15) is 16.7 Å². The minimum absolute atomic E-state index is 0.0616. The van der Waals surface area contributed by atoms with Crippen molar-refractivity contribution in [3.05, 3.63) is 87.4 Å². The van der Waals surface area contributed by atoms with Crippen LogP contribution in [0.25, 0.3) is 6.08 Å². The average Bonchev–Trinajstić information content (AvgIpc) is 2.80. The van der Waals surface area contributed by atoms with Crippen LogP contribution in [0, 0.1) is 25.2 Å². The number of aryl methyl sites for hydroxylation is 2. The number of carbonyl (C=O) groups is 2. The normalized spacial score (nSPS) is 10.8. The van der Waals surface area contributed by atoms with Gasteiger partial charge in [0.1, 0.15) is 23.1 Å². The number of hydrogen-bond donors (Lipinski definition) is 3. The molecule has 0 saturated heterocycles. The van der Waals surface area contributed by atoms with E-state index in [-0.39, 0.29) is 23.8 Å². The summed E-state index contributed by atoms with van der Waals surface area (Å²) in [6.07, 6.45) is 1.39. The molecule has 0 aliphatic heterocycles. The topological polar surface area (TPSA) is 111 Å². The predicted octanol–water partition coefficient (Wildman–Crippen LogP) is 5.33. The SMILES string of the molecule is Cc1ccc(NC(=O)COc2ccc(Br)cc2/C=C(\C#N)C(=O)Nc2ccc(O)cc2)cc1C. The van der Waals surface area contributed by atoms with E-state index in [9.17, 15) is 20.0 Å². The van der Waals surface area contributed by atoms with Crippen molar-refractivity contribution in [1.29, 1.82) is 5.26 Å². The highest BCUT2D eigenvalue weighted by Crippen LogP contribution is 2.26. The molecule has 34 heavy (non-hydrogen) atoms. The molecule has 0 unspecified atom stereocenters. The summed E-state index contributed by atoms with van der Waals surface area (Å²) in [7, 11) is 0. The quantitative estimate of drug-likeness (QED) is 0.221. The fraction of sp³-hybridized carbons (Fsp3) is 0.115. The summed E-state index contributed by atoms with van der Waals surface area (Å²) in [6, 6.07) is 18.5. The summed E-state index contributed by atoms with van der Waals surface area (Å²) in [4.78, 5) is 24.9. The molecule has 3 N–H and O–H groups in total. The molecule has 2 amide bonds. The predicted molar refractivity (Wildman–Crippen MR) is 135 cm³/mol. The molecule has 172 valence electrons. The fourth-order valence-corrected chi connectivity index (χ4v) is 3.35. The molecule has 3 rings (SSSR count). The first kappa shape index (κ1) is 24.6. The maximum absolute atomic E-state index is 12.6. The molecule has 8 heteroatoms. The zero-order valence-corrected chi connectivity index (χ0v) is 20.1. The van der Waals surface area contributed by atoms with E-state index in [1.807, 2.05) is 38.1 Å². The first-order valence-electron chi connectivity index (χ1n) is 10.3. The van der Waals surface area contributed by atoms with Gasteiger partial charge in [-0.3, -0.25) is 9.59 Å². The van der Waals surface area contributed by atoms with Crippen LogP contribution in [-0.2, 0) is 9.59 Å². The zero-order valence-electron chi connectivity index (χ0n) is 18.6. The van der Waals surface area contributed by atoms with Gasteiger partial charge in [-0.1, -0.05) is 22.0 Å². The van der Waals surface area contributed by atoms with Crippen LogP contribution >= 0.6 is 15.9 Å². The Hall–Kier alpha value is -4.09. The summed E-state index contributed by atoms with van der Waals surface area (Å²) >= 11 is 3.37. The van der Waals surface area contributed by atoms with Gasteiger partial charge < -0.3 is 20.5 Å². The molecule has 0 spiro atoms. The van der Waals surface area contributed by atoms with E-state index >= 15 is 0 Å². The Balaban J connectivity index is 1.73. The van der Waals surface area contributed by atoms with Crippen LogP contribution in [0.15, 0.2) is 70.7 Å². The minimum Gasteiger partial charge on any atom is -0.508 e. The third kappa shape index (κ3) is 6.70. The number of nitrogens with one attached hydrogen (secondary N) is 2. The smallest absolute Gasteiger partial charge is 0.266 e. The van der Waals surface area contributed by atoms with Gasteiger partial charge in [-0.25, -0.2) is 0 Å². The lowest BCUT2D eigenvalue weighted by atomic mass is 10.1. The van der Waals surface area contributed by atoms with E-state index in [0.29, 0.717) is 27.2 Å². The molecule has 3 aromatic rings. The summed E-state index contributed by atoms with van der Waals surface area (Å²) in [5.41, 5.74) is 3.58. The number of carbonyl (C=O) groups excluding carboxylic acids is 2. The highest BCUT2D eigenvalue weighted by molar-refractivity contribution is 9.10. The number of anilines is 2. The zero-order chi connectivity index (χ0) is 24.7. The van der Waals surface area contributed by atoms with Crippen LogP contribution in [0.3, 0.4) is 0 Å². The number of benzene rings is 3. The highest BCUT2D eigenvalue weighted by atomic mass is 79.9. The number of ether oxygens (including phenoxy) is 1. The summed E-state index contributed by atoms with van der Waals surface area (Å²) in [6.45, 7) is 3.70.